The van der Waals surface area contributed by atoms with Crippen LogP contribution in [0.25, 0.3) is 0 Å². The van der Waals surface area contributed by atoms with Gasteiger partial charge in [-0.1, -0.05) is 20.3 Å². The van der Waals surface area contributed by atoms with Gasteiger partial charge in [-0.05, 0) is 32.4 Å². The molecule has 112 valence electrons. The van der Waals surface area contributed by atoms with Gasteiger partial charge in [0, 0.05) is 12.3 Å². The van der Waals surface area contributed by atoms with Crippen LogP contribution in [-0.4, -0.2) is 56.4 Å². The first kappa shape index (κ1) is 16.4. The lowest BCUT2D eigenvalue weighted by Crippen LogP contribution is -2.45. The quantitative estimate of drug-likeness (QED) is 0.786. The number of carbonyl (C=O) groups excluding carboxylic acids is 1. The third kappa shape index (κ3) is 5.48. The van der Waals surface area contributed by atoms with Crippen LogP contribution in [0.4, 0.5) is 0 Å². The minimum atomic E-state index is -2.99. The maximum absolute atomic E-state index is 11.9. The second-order valence-corrected chi connectivity index (χ2v) is 7.67. The molecule has 0 aromatic carbocycles. The van der Waals surface area contributed by atoms with E-state index in [1.54, 1.807) is 0 Å². The topological polar surface area (TPSA) is 66.5 Å². The van der Waals surface area contributed by atoms with Crippen molar-refractivity contribution in [2.45, 2.75) is 50.8 Å². The molecule has 0 saturated heterocycles. The van der Waals surface area contributed by atoms with Crippen LogP contribution in [-0.2, 0) is 14.6 Å². The molecule has 1 amide bonds. The van der Waals surface area contributed by atoms with Crippen LogP contribution >= 0.6 is 0 Å². The summed E-state index contributed by atoms with van der Waals surface area (Å²) in [6, 6.07) is 0.0107. The van der Waals surface area contributed by atoms with Gasteiger partial charge >= 0.3 is 0 Å². The first-order chi connectivity index (χ1) is 8.86. The van der Waals surface area contributed by atoms with E-state index in [0.29, 0.717) is 13.0 Å². The Bertz CT molecular complexity index is 391. The molecule has 2 unspecified atom stereocenters. The second kappa shape index (κ2) is 7.24. The summed E-state index contributed by atoms with van der Waals surface area (Å²) in [5.74, 6) is 0.00264. The average molecular weight is 290 g/mol. The van der Waals surface area contributed by atoms with Gasteiger partial charge in [-0.3, -0.25) is 9.69 Å². The first-order valence-corrected chi connectivity index (χ1v) is 9.02. The van der Waals surface area contributed by atoms with Gasteiger partial charge in [0.25, 0.3) is 0 Å². The standard InChI is InChI=1S/C13H26N2O3S/c1-4-15(5-2)10-13(16)14-11-7-6-8-12(9-11)19(3,17)18/h11-12H,4-10H2,1-3H3,(H,14,16). The number of hydrogen-bond donors (Lipinski definition) is 1. The highest BCUT2D eigenvalue weighted by atomic mass is 32.2. The van der Waals surface area contributed by atoms with E-state index in [2.05, 4.69) is 5.32 Å². The van der Waals surface area contributed by atoms with Crippen molar-refractivity contribution in [1.29, 1.82) is 0 Å². The minimum absolute atomic E-state index is 0.00264. The van der Waals surface area contributed by atoms with Gasteiger partial charge in [0.05, 0.1) is 11.8 Å². The van der Waals surface area contributed by atoms with E-state index < -0.39 is 9.84 Å². The number of amides is 1. The third-order valence-electron chi connectivity index (χ3n) is 3.86. The molecule has 0 aromatic heterocycles. The Hall–Kier alpha value is -0.620. The molecule has 1 aliphatic carbocycles. The Morgan fingerprint density at radius 3 is 2.42 bits per heavy atom. The largest absolute Gasteiger partial charge is 0.352 e. The van der Waals surface area contributed by atoms with Crippen LogP contribution in [0.1, 0.15) is 39.5 Å². The second-order valence-electron chi connectivity index (χ2n) is 5.34. The lowest BCUT2D eigenvalue weighted by molar-refractivity contribution is -0.123. The number of sulfone groups is 1. The van der Waals surface area contributed by atoms with Crippen molar-refractivity contribution in [2.24, 2.45) is 0 Å². The molecule has 1 saturated carbocycles. The lowest BCUT2D eigenvalue weighted by Gasteiger charge is -2.29. The van der Waals surface area contributed by atoms with E-state index in [4.69, 9.17) is 0 Å². The highest BCUT2D eigenvalue weighted by Crippen LogP contribution is 2.23. The molecular formula is C13H26N2O3S. The zero-order chi connectivity index (χ0) is 14.5. The molecule has 0 bridgehead atoms. The van der Waals surface area contributed by atoms with Gasteiger partial charge in [-0.15, -0.1) is 0 Å². The number of likely N-dealkylation sites (N-methyl/N-ethyl adjacent to an activating group) is 1. The zero-order valence-electron chi connectivity index (χ0n) is 12.2. The summed E-state index contributed by atoms with van der Waals surface area (Å²) in [7, 11) is -2.99. The lowest BCUT2D eigenvalue weighted by atomic mass is 9.95. The highest BCUT2D eigenvalue weighted by Gasteiger charge is 2.29. The van der Waals surface area contributed by atoms with E-state index in [0.717, 1.165) is 32.4 Å². The average Bonchev–Trinajstić information content (AvgIpc) is 2.35. The van der Waals surface area contributed by atoms with Crippen molar-refractivity contribution in [2.75, 3.05) is 25.9 Å². The number of nitrogens with zero attached hydrogens (tertiary/aromatic N) is 1. The molecule has 0 aromatic rings. The van der Waals surface area contributed by atoms with E-state index in [1.807, 2.05) is 18.7 Å². The van der Waals surface area contributed by atoms with E-state index >= 15 is 0 Å². The smallest absolute Gasteiger partial charge is 0.234 e. The maximum Gasteiger partial charge on any atom is 0.234 e. The zero-order valence-corrected chi connectivity index (χ0v) is 13.0. The summed E-state index contributed by atoms with van der Waals surface area (Å²) in [4.78, 5) is 13.9. The maximum atomic E-state index is 11.9. The fraction of sp³-hybridized carbons (Fsp3) is 0.923. The molecule has 1 aliphatic rings. The molecule has 5 nitrogen and oxygen atoms in total. The Morgan fingerprint density at radius 2 is 1.89 bits per heavy atom. The fourth-order valence-corrected chi connectivity index (χ4v) is 3.77. The molecule has 0 aliphatic heterocycles. The number of carbonyl (C=O) groups is 1. The van der Waals surface area contributed by atoms with Crippen molar-refractivity contribution in [1.82, 2.24) is 10.2 Å². The molecule has 0 spiro atoms. The van der Waals surface area contributed by atoms with Crippen LogP contribution < -0.4 is 5.32 Å². The molecule has 1 fully saturated rings. The molecule has 1 rings (SSSR count). The predicted molar refractivity (Wildman–Crippen MR) is 76.8 cm³/mol. The van der Waals surface area contributed by atoms with Gasteiger partial charge in [-0.2, -0.15) is 0 Å². The van der Waals surface area contributed by atoms with Crippen LogP contribution in [0.5, 0.6) is 0 Å². The van der Waals surface area contributed by atoms with Gasteiger partial charge < -0.3 is 5.32 Å². The van der Waals surface area contributed by atoms with Crippen molar-refractivity contribution < 1.29 is 13.2 Å². The van der Waals surface area contributed by atoms with Crippen molar-refractivity contribution in [3.63, 3.8) is 0 Å². The van der Waals surface area contributed by atoms with Gasteiger partial charge in [0.15, 0.2) is 0 Å². The van der Waals surface area contributed by atoms with Gasteiger partial charge in [0.2, 0.25) is 5.91 Å². The summed E-state index contributed by atoms with van der Waals surface area (Å²) in [6.45, 7) is 6.14. The molecule has 1 N–H and O–H groups in total. The molecule has 0 radical (unpaired) electrons. The molecule has 19 heavy (non-hydrogen) atoms. The first-order valence-electron chi connectivity index (χ1n) is 7.07. The minimum Gasteiger partial charge on any atom is -0.352 e. The van der Waals surface area contributed by atoms with Crippen molar-refractivity contribution in [3.8, 4) is 0 Å². The number of rotatable bonds is 6. The summed E-state index contributed by atoms with van der Waals surface area (Å²) >= 11 is 0. The molecular weight excluding hydrogens is 264 g/mol. The Morgan fingerprint density at radius 1 is 1.26 bits per heavy atom. The summed E-state index contributed by atoms with van der Waals surface area (Å²) < 4.78 is 23.1. The van der Waals surface area contributed by atoms with Crippen molar-refractivity contribution in [3.05, 3.63) is 0 Å². The molecule has 0 heterocycles. The van der Waals surface area contributed by atoms with E-state index in [9.17, 15) is 13.2 Å². The monoisotopic (exact) mass is 290 g/mol. The Labute approximate surface area is 116 Å². The summed E-state index contributed by atoms with van der Waals surface area (Å²) in [5, 5.41) is 2.68. The fourth-order valence-electron chi connectivity index (χ4n) is 2.59. The SMILES string of the molecule is CCN(CC)CC(=O)NC1CCCC(S(C)(=O)=O)C1. The summed E-state index contributed by atoms with van der Waals surface area (Å²) in [5.41, 5.74) is 0. The highest BCUT2D eigenvalue weighted by molar-refractivity contribution is 7.91. The van der Waals surface area contributed by atoms with Gasteiger partial charge in [0.1, 0.15) is 9.84 Å². The van der Waals surface area contributed by atoms with Crippen LogP contribution in [0, 0.1) is 0 Å². The van der Waals surface area contributed by atoms with Gasteiger partial charge in [-0.25, -0.2) is 8.42 Å². The number of hydrogen-bond acceptors (Lipinski definition) is 4. The van der Waals surface area contributed by atoms with E-state index in [1.165, 1.54) is 6.26 Å². The number of nitrogens with one attached hydrogen (secondary N) is 1. The summed E-state index contributed by atoms with van der Waals surface area (Å²) in [6.07, 6.45) is 4.33. The predicted octanol–water partition coefficient (Wildman–Crippen LogP) is 0.800. The third-order valence-corrected chi connectivity index (χ3v) is 5.50. The molecule has 2 atom stereocenters. The van der Waals surface area contributed by atoms with Crippen LogP contribution in [0.15, 0.2) is 0 Å². The Kier molecular flexibility index (Phi) is 6.26. The normalized spacial score (nSPS) is 24.4. The molecule has 6 heteroatoms. The Balaban J connectivity index is 2.46. The van der Waals surface area contributed by atoms with Crippen LogP contribution in [0.2, 0.25) is 0 Å². The van der Waals surface area contributed by atoms with Crippen molar-refractivity contribution >= 4 is 15.7 Å². The van der Waals surface area contributed by atoms with Crippen LogP contribution in [0.3, 0.4) is 0 Å². The van der Waals surface area contributed by atoms with E-state index in [-0.39, 0.29) is 17.2 Å².